The van der Waals surface area contributed by atoms with Crippen LogP contribution in [0, 0.1) is 6.92 Å². The van der Waals surface area contributed by atoms with Crippen LogP contribution >= 0.6 is 0 Å². The van der Waals surface area contributed by atoms with E-state index in [9.17, 15) is 9.59 Å². The molecule has 0 aliphatic rings. The number of aryl methyl sites for hydroxylation is 1. The average molecular weight is 343 g/mol. The van der Waals surface area contributed by atoms with Crippen molar-refractivity contribution in [1.29, 1.82) is 0 Å². The van der Waals surface area contributed by atoms with Crippen molar-refractivity contribution in [3.63, 3.8) is 0 Å². The number of rotatable bonds is 6. The lowest BCUT2D eigenvalue weighted by Crippen LogP contribution is -2.35. The van der Waals surface area contributed by atoms with Gasteiger partial charge in [-0.15, -0.1) is 0 Å². The molecule has 1 aromatic carbocycles. The number of aromatic nitrogens is 1. The zero-order chi connectivity index (χ0) is 18.4. The van der Waals surface area contributed by atoms with E-state index in [2.05, 4.69) is 10.3 Å². The van der Waals surface area contributed by atoms with Crippen molar-refractivity contribution in [2.24, 2.45) is 0 Å². The van der Waals surface area contributed by atoms with Crippen molar-refractivity contribution < 1.29 is 19.1 Å². The normalized spacial score (nSPS) is 10.1. The highest BCUT2D eigenvalue weighted by atomic mass is 16.5. The zero-order valence-electron chi connectivity index (χ0n) is 14.7. The molecule has 2 amide bonds. The standard InChI is InChI=1S/C18H21N3O4/c1-12-7-8-19-16(9-12)20-17(22)11-21(2)18(23)14-6-5-13(24-3)10-15(14)25-4/h5-10H,11H2,1-4H3,(H,19,20,22). The highest BCUT2D eigenvalue weighted by Crippen LogP contribution is 2.25. The first-order chi connectivity index (χ1) is 11.9. The molecule has 132 valence electrons. The summed E-state index contributed by atoms with van der Waals surface area (Å²) in [6.07, 6.45) is 1.61. The third kappa shape index (κ3) is 4.69. The van der Waals surface area contributed by atoms with Gasteiger partial charge in [-0.1, -0.05) is 0 Å². The van der Waals surface area contributed by atoms with Crippen LogP contribution in [-0.2, 0) is 4.79 Å². The van der Waals surface area contributed by atoms with Crippen LogP contribution < -0.4 is 14.8 Å². The first kappa shape index (κ1) is 18.3. The lowest BCUT2D eigenvalue weighted by Gasteiger charge is -2.18. The predicted octanol–water partition coefficient (Wildman–Crippen LogP) is 2.12. The van der Waals surface area contributed by atoms with E-state index in [1.54, 1.807) is 37.5 Å². The largest absolute Gasteiger partial charge is 0.497 e. The molecule has 1 aromatic heterocycles. The van der Waals surface area contributed by atoms with Crippen LogP contribution in [0.5, 0.6) is 11.5 Å². The number of hydrogen-bond donors (Lipinski definition) is 1. The quantitative estimate of drug-likeness (QED) is 0.869. The molecular formula is C18H21N3O4. The van der Waals surface area contributed by atoms with Gasteiger partial charge in [-0.25, -0.2) is 4.98 Å². The summed E-state index contributed by atoms with van der Waals surface area (Å²) in [6.45, 7) is 1.80. The maximum absolute atomic E-state index is 12.6. The molecular weight excluding hydrogens is 322 g/mol. The topological polar surface area (TPSA) is 80.8 Å². The van der Waals surface area contributed by atoms with E-state index in [4.69, 9.17) is 9.47 Å². The van der Waals surface area contributed by atoms with Crippen molar-refractivity contribution in [2.75, 3.05) is 33.1 Å². The minimum absolute atomic E-state index is 0.108. The predicted molar refractivity (Wildman–Crippen MR) is 94.1 cm³/mol. The first-order valence-electron chi connectivity index (χ1n) is 7.64. The highest BCUT2D eigenvalue weighted by Gasteiger charge is 2.19. The summed E-state index contributed by atoms with van der Waals surface area (Å²) < 4.78 is 10.4. The molecule has 2 rings (SSSR count). The molecule has 0 fully saturated rings. The molecule has 1 N–H and O–H groups in total. The van der Waals surface area contributed by atoms with Crippen LogP contribution in [0.1, 0.15) is 15.9 Å². The Kier molecular flexibility index (Phi) is 5.94. The number of amides is 2. The Balaban J connectivity index is 2.06. The maximum atomic E-state index is 12.6. The number of likely N-dealkylation sites (N-methyl/N-ethyl adjacent to an activating group) is 1. The Labute approximate surface area is 146 Å². The van der Waals surface area contributed by atoms with Crippen molar-refractivity contribution in [2.45, 2.75) is 6.92 Å². The number of anilines is 1. The summed E-state index contributed by atoms with van der Waals surface area (Å²) in [6, 6.07) is 8.49. The Hall–Kier alpha value is -3.09. The van der Waals surface area contributed by atoms with Gasteiger partial charge in [0.05, 0.1) is 26.3 Å². The summed E-state index contributed by atoms with van der Waals surface area (Å²) in [5, 5.41) is 2.67. The molecule has 0 radical (unpaired) electrons. The molecule has 0 atom stereocenters. The molecule has 0 spiro atoms. The number of ether oxygens (including phenoxy) is 2. The average Bonchev–Trinajstić information content (AvgIpc) is 2.60. The number of benzene rings is 1. The van der Waals surface area contributed by atoms with Crippen LogP contribution in [0.15, 0.2) is 36.5 Å². The lowest BCUT2D eigenvalue weighted by atomic mass is 10.1. The molecule has 0 aliphatic heterocycles. The second kappa shape index (κ2) is 8.14. The SMILES string of the molecule is COc1ccc(C(=O)N(C)CC(=O)Nc2cc(C)ccn2)c(OC)c1. The first-order valence-corrected chi connectivity index (χ1v) is 7.64. The van der Waals surface area contributed by atoms with Crippen LogP contribution in [0.25, 0.3) is 0 Å². The number of nitrogens with zero attached hydrogens (tertiary/aromatic N) is 2. The maximum Gasteiger partial charge on any atom is 0.257 e. The number of carbonyl (C=O) groups is 2. The molecule has 2 aromatic rings. The zero-order valence-corrected chi connectivity index (χ0v) is 14.7. The minimum Gasteiger partial charge on any atom is -0.497 e. The summed E-state index contributed by atoms with van der Waals surface area (Å²) in [5.41, 5.74) is 1.34. The van der Waals surface area contributed by atoms with Gasteiger partial charge in [0.1, 0.15) is 17.3 Å². The number of nitrogens with one attached hydrogen (secondary N) is 1. The van der Waals surface area contributed by atoms with E-state index in [1.165, 1.54) is 19.1 Å². The van der Waals surface area contributed by atoms with Crippen molar-refractivity contribution >= 4 is 17.6 Å². The number of carbonyl (C=O) groups excluding carboxylic acids is 2. The number of pyridine rings is 1. The molecule has 7 heteroatoms. The van der Waals surface area contributed by atoms with Gasteiger partial charge in [0.15, 0.2) is 0 Å². The smallest absolute Gasteiger partial charge is 0.257 e. The molecule has 0 unspecified atom stereocenters. The van der Waals surface area contributed by atoms with Crippen molar-refractivity contribution in [1.82, 2.24) is 9.88 Å². The van der Waals surface area contributed by atoms with Crippen LogP contribution in [0.3, 0.4) is 0 Å². The van der Waals surface area contributed by atoms with E-state index in [1.807, 2.05) is 13.0 Å². The van der Waals surface area contributed by atoms with Crippen molar-refractivity contribution in [3.8, 4) is 11.5 Å². The van der Waals surface area contributed by atoms with Gasteiger partial charge in [0.25, 0.3) is 5.91 Å². The third-order valence-corrected chi connectivity index (χ3v) is 3.55. The molecule has 7 nitrogen and oxygen atoms in total. The fourth-order valence-electron chi connectivity index (χ4n) is 2.25. The Morgan fingerprint density at radius 1 is 1.16 bits per heavy atom. The molecule has 0 saturated heterocycles. The van der Waals surface area contributed by atoms with E-state index in [-0.39, 0.29) is 18.4 Å². The summed E-state index contributed by atoms with van der Waals surface area (Å²) in [4.78, 5) is 30.1. The van der Waals surface area contributed by atoms with Gasteiger partial charge in [0.2, 0.25) is 5.91 Å². The Bertz CT molecular complexity index is 777. The van der Waals surface area contributed by atoms with E-state index in [0.717, 1.165) is 5.56 Å². The summed E-state index contributed by atoms with van der Waals surface area (Å²) >= 11 is 0. The van der Waals surface area contributed by atoms with Crippen LogP contribution in [-0.4, -0.2) is 49.5 Å². The second-order valence-electron chi connectivity index (χ2n) is 5.49. The van der Waals surface area contributed by atoms with Gasteiger partial charge >= 0.3 is 0 Å². The van der Waals surface area contributed by atoms with E-state index >= 15 is 0 Å². The van der Waals surface area contributed by atoms with E-state index in [0.29, 0.717) is 22.9 Å². The van der Waals surface area contributed by atoms with Gasteiger partial charge in [-0.3, -0.25) is 9.59 Å². The molecule has 0 bridgehead atoms. The van der Waals surface area contributed by atoms with Gasteiger partial charge < -0.3 is 19.7 Å². The van der Waals surface area contributed by atoms with Crippen LogP contribution in [0.4, 0.5) is 5.82 Å². The fraction of sp³-hybridized carbons (Fsp3) is 0.278. The molecule has 0 aliphatic carbocycles. The third-order valence-electron chi connectivity index (χ3n) is 3.55. The monoisotopic (exact) mass is 343 g/mol. The van der Waals surface area contributed by atoms with Gasteiger partial charge in [0, 0.05) is 19.3 Å². The minimum atomic E-state index is -0.332. The molecule has 1 heterocycles. The van der Waals surface area contributed by atoms with Crippen LogP contribution in [0.2, 0.25) is 0 Å². The molecule has 0 saturated carbocycles. The Morgan fingerprint density at radius 2 is 1.92 bits per heavy atom. The Morgan fingerprint density at radius 3 is 2.56 bits per heavy atom. The van der Waals surface area contributed by atoms with Gasteiger partial charge in [-0.05, 0) is 36.8 Å². The lowest BCUT2D eigenvalue weighted by molar-refractivity contribution is -0.116. The highest BCUT2D eigenvalue weighted by molar-refractivity contribution is 6.00. The second-order valence-corrected chi connectivity index (χ2v) is 5.49. The number of hydrogen-bond acceptors (Lipinski definition) is 5. The summed E-state index contributed by atoms with van der Waals surface area (Å²) in [7, 11) is 4.56. The van der Waals surface area contributed by atoms with Gasteiger partial charge in [-0.2, -0.15) is 0 Å². The summed E-state index contributed by atoms with van der Waals surface area (Å²) in [5.74, 6) is 0.762. The van der Waals surface area contributed by atoms with Crippen molar-refractivity contribution in [3.05, 3.63) is 47.7 Å². The fourth-order valence-corrected chi connectivity index (χ4v) is 2.25. The van der Waals surface area contributed by atoms with E-state index < -0.39 is 0 Å². The number of methoxy groups -OCH3 is 2. The molecule has 25 heavy (non-hydrogen) atoms.